The Morgan fingerprint density at radius 1 is 1.31 bits per heavy atom. The van der Waals surface area contributed by atoms with Crippen molar-refractivity contribution in [2.75, 3.05) is 6.54 Å². The van der Waals surface area contributed by atoms with E-state index in [4.69, 9.17) is 0 Å². The summed E-state index contributed by atoms with van der Waals surface area (Å²) in [6.45, 7) is 5.29. The first kappa shape index (κ1) is 11.2. The largest absolute Gasteiger partial charge is 0.310 e. The van der Waals surface area contributed by atoms with Gasteiger partial charge in [-0.1, -0.05) is 6.92 Å². The zero-order chi connectivity index (χ0) is 11.4. The molecule has 16 heavy (non-hydrogen) atoms. The Kier molecular flexibility index (Phi) is 3.64. The first-order chi connectivity index (χ1) is 7.81. The molecule has 2 aromatic heterocycles. The number of nitrogens with zero attached hydrogens (tertiary/aromatic N) is 2. The first-order valence-corrected chi connectivity index (χ1v) is 6.21. The van der Waals surface area contributed by atoms with Crippen LogP contribution in [0.5, 0.6) is 0 Å². The molecule has 2 heterocycles. The molecule has 0 fully saturated rings. The van der Waals surface area contributed by atoms with Crippen LogP contribution in [0.3, 0.4) is 0 Å². The zero-order valence-electron chi connectivity index (χ0n) is 9.47. The van der Waals surface area contributed by atoms with Gasteiger partial charge in [0.2, 0.25) is 0 Å². The Morgan fingerprint density at radius 3 is 2.75 bits per heavy atom. The van der Waals surface area contributed by atoms with E-state index < -0.39 is 0 Å². The van der Waals surface area contributed by atoms with Crippen LogP contribution in [0, 0.1) is 0 Å². The third-order valence-corrected chi connectivity index (χ3v) is 3.73. The topological polar surface area (TPSA) is 37.8 Å². The molecule has 0 amide bonds. The highest BCUT2D eigenvalue weighted by Crippen LogP contribution is 2.30. The van der Waals surface area contributed by atoms with Gasteiger partial charge in [0.15, 0.2) is 0 Å². The van der Waals surface area contributed by atoms with E-state index in [0.29, 0.717) is 6.04 Å². The molecule has 2 aromatic rings. The van der Waals surface area contributed by atoms with E-state index in [-0.39, 0.29) is 0 Å². The van der Waals surface area contributed by atoms with Gasteiger partial charge in [-0.05, 0) is 25.6 Å². The molecule has 2 rings (SSSR count). The van der Waals surface area contributed by atoms with E-state index >= 15 is 0 Å². The van der Waals surface area contributed by atoms with Crippen LogP contribution < -0.4 is 5.32 Å². The van der Waals surface area contributed by atoms with Gasteiger partial charge in [-0.25, -0.2) is 9.97 Å². The maximum atomic E-state index is 4.03. The molecule has 0 aliphatic rings. The van der Waals surface area contributed by atoms with Crippen LogP contribution in [0.2, 0.25) is 0 Å². The van der Waals surface area contributed by atoms with E-state index in [1.807, 2.05) is 12.4 Å². The molecular formula is C12H15N3S. The first-order valence-electron chi connectivity index (χ1n) is 5.39. The number of hydrogen-bond donors (Lipinski definition) is 1. The van der Waals surface area contributed by atoms with E-state index in [1.54, 1.807) is 17.7 Å². The minimum Gasteiger partial charge on any atom is -0.310 e. The van der Waals surface area contributed by atoms with Gasteiger partial charge in [-0.2, -0.15) is 0 Å². The SMILES string of the molecule is CCNC(C)c1ccc(-c2cncnc2)s1. The van der Waals surface area contributed by atoms with E-state index in [0.717, 1.165) is 12.1 Å². The molecule has 0 aliphatic heterocycles. The number of aromatic nitrogens is 2. The fourth-order valence-corrected chi connectivity index (χ4v) is 2.58. The van der Waals surface area contributed by atoms with Crippen LogP contribution in [0.4, 0.5) is 0 Å². The van der Waals surface area contributed by atoms with Gasteiger partial charge in [0.1, 0.15) is 6.33 Å². The Labute approximate surface area is 99.6 Å². The van der Waals surface area contributed by atoms with Crippen LogP contribution >= 0.6 is 11.3 Å². The van der Waals surface area contributed by atoms with Gasteiger partial charge in [0.25, 0.3) is 0 Å². The molecule has 0 bridgehead atoms. The maximum absolute atomic E-state index is 4.03. The molecule has 0 saturated carbocycles. The molecule has 1 unspecified atom stereocenters. The van der Waals surface area contributed by atoms with Crippen molar-refractivity contribution < 1.29 is 0 Å². The fourth-order valence-electron chi connectivity index (χ4n) is 1.57. The van der Waals surface area contributed by atoms with Crippen LogP contribution in [0.15, 0.2) is 30.9 Å². The lowest BCUT2D eigenvalue weighted by Crippen LogP contribution is -2.16. The van der Waals surface area contributed by atoms with Crippen LogP contribution in [-0.2, 0) is 0 Å². The molecule has 0 aromatic carbocycles. The highest BCUT2D eigenvalue weighted by molar-refractivity contribution is 7.15. The minimum atomic E-state index is 0.411. The van der Waals surface area contributed by atoms with E-state index in [9.17, 15) is 0 Å². The van der Waals surface area contributed by atoms with Crippen molar-refractivity contribution in [3.63, 3.8) is 0 Å². The molecule has 0 spiro atoms. The van der Waals surface area contributed by atoms with Gasteiger partial charge >= 0.3 is 0 Å². The van der Waals surface area contributed by atoms with Crippen LogP contribution in [0.25, 0.3) is 10.4 Å². The normalized spacial score (nSPS) is 12.6. The van der Waals surface area contributed by atoms with Crippen LogP contribution in [-0.4, -0.2) is 16.5 Å². The summed E-state index contributed by atoms with van der Waals surface area (Å²) in [6, 6.07) is 4.71. The van der Waals surface area contributed by atoms with E-state index in [2.05, 4.69) is 41.3 Å². The third-order valence-electron chi connectivity index (χ3n) is 2.41. The molecule has 0 aliphatic carbocycles. The second-order valence-electron chi connectivity index (χ2n) is 3.61. The van der Waals surface area contributed by atoms with Crippen molar-refractivity contribution >= 4 is 11.3 Å². The van der Waals surface area contributed by atoms with Gasteiger partial charge in [-0.15, -0.1) is 11.3 Å². The third kappa shape index (κ3) is 2.46. The Bertz CT molecular complexity index is 439. The minimum absolute atomic E-state index is 0.411. The zero-order valence-corrected chi connectivity index (χ0v) is 10.3. The van der Waals surface area contributed by atoms with Gasteiger partial charge in [0, 0.05) is 33.8 Å². The summed E-state index contributed by atoms with van der Waals surface area (Å²) < 4.78 is 0. The van der Waals surface area contributed by atoms with Crippen molar-refractivity contribution in [1.82, 2.24) is 15.3 Å². The average molecular weight is 233 g/mol. The fraction of sp³-hybridized carbons (Fsp3) is 0.333. The lowest BCUT2D eigenvalue weighted by Gasteiger charge is -2.08. The van der Waals surface area contributed by atoms with E-state index in [1.165, 1.54) is 9.75 Å². The predicted molar refractivity (Wildman–Crippen MR) is 67.4 cm³/mol. The van der Waals surface area contributed by atoms with Crippen molar-refractivity contribution in [3.8, 4) is 10.4 Å². The highest BCUT2D eigenvalue weighted by Gasteiger charge is 2.08. The average Bonchev–Trinajstić information content (AvgIpc) is 2.80. The Balaban J connectivity index is 2.20. The summed E-state index contributed by atoms with van der Waals surface area (Å²) in [7, 11) is 0. The van der Waals surface area contributed by atoms with Crippen molar-refractivity contribution in [1.29, 1.82) is 0 Å². The monoisotopic (exact) mass is 233 g/mol. The standard InChI is InChI=1S/C12H15N3S/c1-3-15-9(2)11-4-5-12(16-11)10-6-13-8-14-7-10/h4-9,15H,3H2,1-2H3. The van der Waals surface area contributed by atoms with Crippen molar-refractivity contribution in [3.05, 3.63) is 35.7 Å². The maximum Gasteiger partial charge on any atom is 0.115 e. The number of rotatable bonds is 4. The van der Waals surface area contributed by atoms with Crippen molar-refractivity contribution in [2.45, 2.75) is 19.9 Å². The summed E-state index contributed by atoms with van der Waals surface area (Å²) in [6.07, 6.45) is 5.25. The summed E-state index contributed by atoms with van der Waals surface area (Å²) in [4.78, 5) is 10.6. The lowest BCUT2D eigenvalue weighted by atomic mass is 10.2. The lowest BCUT2D eigenvalue weighted by molar-refractivity contribution is 0.607. The summed E-state index contributed by atoms with van der Waals surface area (Å²) in [5, 5.41) is 3.41. The molecular weight excluding hydrogens is 218 g/mol. The smallest absolute Gasteiger partial charge is 0.115 e. The second kappa shape index (κ2) is 5.18. The van der Waals surface area contributed by atoms with Crippen LogP contribution in [0.1, 0.15) is 24.8 Å². The summed E-state index contributed by atoms with van der Waals surface area (Å²) in [5.74, 6) is 0. The summed E-state index contributed by atoms with van der Waals surface area (Å²) >= 11 is 1.79. The van der Waals surface area contributed by atoms with Gasteiger partial charge < -0.3 is 5.32 Å². The number of thiophene rings is 1. The molecule has 84 valence electrons. The molecule has 0 saturated heterocycles. The predicted octanol–water partition coefficient (Wildman–Crippen LogP) is 2.88. The second-order valence-corrected chi connectivity index (χ2v) is 4.72. The molecule has 4 heteroatoms. The number of hydrogen-bond acceptors (Lipinski definition) is 4. The molecule has 3 nitrogen and oxygen atoms in total. The van der Waals surface area contributed by atoms with Crippen molar-refractivity contribution in [2.24, 2.45) is 0 Å². The highest BCUT2D eigenvalue weighted by atomic mass is 32.1. The summed E-state index contributed by atoms with van der Waals surface area (Å²) in [5.41, 5.74) is 1.09. The molecule has 1 N–H and O–H groups in total. The van der Waals surface area contributed by atoms with Gasteiger partial charge in [0.05, 0.1) is 0 Å². The Hall–Kier alpha value is -1.26. The van der Waals surface area contributed by atoms with Gasteiger partial charge in [-0.3, -0.25) is 0 Å². The molecule has 1 atom stereocenters. The Morgan fingerprint density at radius 2 is 2.06 bits per heavy atom. The quantitative estimate of drug-likeness (QED) is 0.882. The number of nitrogens with one attached hydrogen (secondary N) is 1. The molecule has 0 radical (unpaired) electrons.